The monoisotopic (exact) mass is 544 g/mol. The van der Waals surface area contributed by atoms with Crippen LogP contribution in [0.15, 0.2) is 60.0 Å². The average molecular weight is 545 g/mol. The fourth-order valence-electron chi connectivity index (χ4n) is 3.55. The van der Waals surface area contributed by atoms with E-state index in [1.807, 2.05) is 35.7 Å². The maximum atomic E-state index is 13.0. The zero-order valence-electron chi connectivity index (χ0n) is 22.0. The molecule has 0 aliphatic carbocycles. The Hall–Kier alpha value is -2.98. The molecule has 1 aromatic heterocycles. The molecule has 0 fully saturated rings. The minimum Gasteiger partial charge on any atom is -0.545 e. The number of amides is 2. The number of para-hydroxylation sites is 1. The van der Waals surface area contributed by atoms with E-state index in [0.717, 1.165) is 5.56 Å². The normalized spacial score (nSPS) is 10.7. The van der Waals surface area contributed by atoms with E-state index in [0.29, 0.717) is 29.0 Å². The van der Waals surface area contributed by atoms with E-state index in [2.05, 4.69) is 10.6 Å². The standard InChI is InChI=1S/C28H30N2O6S.Na/c1-28(2,3)36-27(35)24-20(18-11-5-4-6-12-18)17-37-25(24)30-23(32)16-10-9-15-22(31)29-21-14-8-7-13-19(21)26(33)34;/h4-8,11-14,17H,9-10,15-16H2,1-3H3,(H,29,31)(H,30,32)(H,33,34);/q;+1/p-1. The maximum absolute atomic E-state index is 13.0. The van der Waals surface area contributed by atoms with Crippen molar-refractivity contribution < 1.29 is 58.6 Å². The van der Waals surface area contributed by atoms with Crippen molar-refractivity contribution in [3.05, 3.63) is 71.1 Å². The second-order valence-corrected chi connectivity index (χ2v) is 10.2. The fourth-order valence-corrected chi connectivity index (χ4v) is 4.53. The molecular formula is C28H29N2NaO6S. The van der Waals surface area contributed by atoms with Crippen LogP contribution >= 0.6 is 11.3 Å². The molecule has 38 heavy (non-hydrogen) atoms. The SMILES string of the molecule is CC(C)(C)OC(=O)c1c(-c2ccccc2)csc1NC(=O)CCCCC(=O)Nc1ccccc1C(=O)[O-].[Na+]. The van der Waals surface area contributed by atoms with Gasteiger partial charge in [-0.2, -0.15) is 0 Å². The molecular weight excluding hydrogens is 515 g/mol. The van der Waals surface area contributed by atoms with Crippen molar-refractivity contribution in [3.63, 3.8) is 0 Å². The van der Waals surface area contributed by atoms with E-state index >= 15 is 0 Å². The van der Waals surface area contributed by atoms with Crippen molar-refractivity contribution in [3.8, 4) is 11.1 Å². The number of carboxylic acids is 1. The summed E-state index contributed by atoms with van der Waals surface area (Å²) in [5.41, 5.74) is 1.21. The van der Waals surface area contributed by atoms with Gasteiger partial charge in [-0.15, -0.1) is 11.3 Å². The van der Waals surface area contributed by atoms with Crippen LogP contribution in [0.5, 0.6) is 0 Å². The van der Waals surface area contributed by atoms with E-state index < -0.39 is 17.5 Å². The quantitative estimate of drug-likeness (QED) is 0.228. The molecule has 0 atom stereocenters. The molecule has 1 heterocycles. The minimum absolute atomic E-state index is 0. The zero-order valence-corrected chi connectivity index (χ0v) is 24.8. The van der Waals surface area contributed by atoms with Crippen LogP contribution in [0.3, 0.4) is 0 Å². The second kappa shape index (κ2) is 14.2. The largest absolute Gasteiger partial charge is 1.00 e. The molecule has 0 aliphatic heterocycles. The first-order valence-corrected chi connectivity index (χ1v) is 12.7. The molecule has 3 aromatic rings. The predicted octanol–water partition coefficient (Wildman–Crippen LogP) is 1.88. The molecule has 2 N–H and O–H groups in total. The van der Waals surface area contributed by atoms with E-state index in [4.69, 9.17) is 4.74 Å². The van der Waals surface area contributed by atoms with Gasteiger partial charge in [0.15, 0.2) is 0 Å². The summed E-state index contributed by atoms with van der Waals surface area (Å²) in [6, 6.07) is 15.4. The number of benzene rings is 2. The molecule has 0 spiro atoms. The van der Waals surface area contributed by atoms with Gasteiger partial charge in [0.1, 0.15) is 16.2 Å². The Morgan fingerprint density at radius 1 is 0.868 bits per heavy atom. The van der Waals surface area contributed by atoms with E-state index in [9.17, 15) is 24.3 Å². The Balaban J connectivity index is 0.00000507. The molecule has 0 bridgehead atoms. The molecule has 2 amide bonds. The van der Waals surface area contributed by atoms with Gasteiger partial charge >= 0.3 is 35.5 Å². The van der Waals surface area contributed by atoms with Crippen molar-refractivity contribution >= 4 is 45.8 Å². The first-order valence-electron chi connectivity index (χ1n) is 11.9. The number of carbonyl (C=O) groups excluding carboxylic acids is 4. The summed E-state index contributed by atoms with van der Waals surface area (Å²) in [6.45, 7) is 5.35. The number of esters is 1. The third-order valence-electron chi connectivity index (χ3n) is 5.21. The first-order chi connectivity index (χ1) is 17.5. The smallest absolute Gasteiger partial charge is 0.545 e. The van der Waals surface area contributed by atoms with Gasteiger partial charge in [-0.05, 0) is 45.2 Å². The summed E-state index contributed by atoms with van der Waals surface area (Å²) in [5, 5.41) is 18.8. The summed E-state index contributed by atoms with van der Waals surface area (Å²) in [7, 11) is 0. The van der Waals surface area contributed by atoms with Crippen LogP contribution in [0.1, 0.15) is 67.2 Å². The third-order valence-corrected chi connectivity index (χ3v) is 6.11. The number of ether oxygens (including phenoxy) is 1. The number of rotatable bonds is 10. The molecule has 0 radical (unpaired) electrons. The summed E-state index contributed by atoms with van der Waals surface area (Å²) >= 11 is 1.25. The molecule has 194 valence electrons. The zero-order chi connectivity index (χ0) is 27.0. The van der Waals surface area contributed by atoms with Gasteiger partial charge < -0.3 is 25.3 Å². The van der Waals surface area contributed by atoms with Gasteiger partial charge in [0, 0.05) is 35.0 Å². The fraction of sp³-hybridized carbons (Fsp3) is 0.286. The molecule has 2 aromatic carbocycles. The number of anilines is 2. The van der Waals surface area contributed by atoms with Crippen molar-refractivity contribution in [2.75, 3.05) is 10.6 Å². The Kier molecular flexibility index (Phi) is 11.7. The van der Waals surface area contributed by atoms with Gasteiger partial charge in [-0.1, -0.05) is 48.5 Å². The number of unbranched alkanes of at least 4 members (excludes halogenated alkanes) is 1. The number of hydrogen-bond donors (Lipinski definition) is 2. The van der Waals surface area contributed by atoms with Crippen LogP contribution in [-0.4, -0.2) is 29.4 Å². The van der Waals surface area contributed by atoms with Crippen molar-refractivity contribution in [1.82, 2.24) is 0 Å². The number of carboxylic acid groups (broad SMARTS) is 1. The maximum Gasteiger partial charge on any atom is 1.00 e. The van der Waals surface area contributed by atoms with Crippen LogP contribution in [0.2, 0.25) is 0 Å². The van der Waals surface area contributed by atoms with Crippen molar-refractivity contribution in [1.29, 1.82) is 0 Å². The number of carbonyl (C=O) groups is 4. The van der Waals surface area contributed by atoms with Crippen LogP contribution in [0.4, 0.5) is 10.7 Å². The van der Waals surface area contributed by atoms with Crippen LogP contribution in [0.25, 0.3) is 11.1 Å². The van der Waals surface area contributed by atoms with E-state index in [1.165, 1.54) is 23.5 Å². The number of nitrogens with one attached hydrogen (secondary N) is 2. The molecule has 8 nitrogen and oxygen atoms in total. The molecule has 0 unspecified atom stereocenters. The number of hydrogen-bond acceptors (Lipinski definition) is 7. The van der Waals surface area contributed by atoms with E-state index in [1.54, 1.807) is 32.9 Å². The van der Waals surface area contributed by atoms with Crippen molar-refractivity contribution in [2.24, 2.45) is 0 Å². The van der Waals surface area contributed by atoms with Gasteiger partial charge in [-0.3, -0.25) is 9.59 Å². The summed E-state index contributed by atoms with van der Waals surface area (Å²) in [6.07, 6.45) is 1.12. The summed E-state index contributed by atoms with van der Waals surface area (Å²) in [5.74, 6) is -2.53. The molecule has 0 aliphatic rings. The molecule has 10 heteroatoms. The molecule has 0 saturated heterocycles. The van der Waals surface area contributed by atoms with Gasteiger partial charge in [0.25, 0.3) is 0 Å². The van der Waals surface area contributed by atoms with Crippen LogP contribution in [0, 0.1) is 0 Å². The summed E-state index contributed by atoms with van der Waals surface area (Å²) in [4.78, 5) is 49.1. The van der Waals surface area contributed by atoms with Crippen LogP contribution in [-0.2, 0) is 14.3 Å². The number of aromatic carboxylic acids is 1. The van der Waals surface area contributed by atoms with Gasteiger partial charge in [-0.25, -0.2) is 4.79 Å². The Morgan fingerprint density at radius 2 is 1.45 bits per heavy atom. The van der Waals surface area contributed by atoms with Crippen LogP contribution < -0.4 is 45.3 Å². The van der Waals surface area contributed by atoms with E-state index in [-0.39, 0.29) is 65.5 Å². The topological polar surface area (TPSA) is 125 Å². The first kappa shape index (κ1) is 31.2. The van der Waals surface area contributed by atoms with Crippen molar-refractivity contribution in [2.45, 2.75) is 52.1 Å². The molecule has 0 saturated carbocycles. The predicted molar refractivity (Wildman–Crippen MR) is 141 cm³/mol. The van der Waals surface area contributed by atoms with Gasteiger partial charge in [0.2, 0.25) is 11.8 Å². The number of thiophene rings is 1. The summed E-state index contributed by atoms with van der Waals surface area (Å²) < 4.78 is 5.59. The Morgan fingerprint density at radius 3 is 2.05 bits per heavy atom. The minimum atomic E-state index is -1.37. The average Bonchev–Trinajstić information content (AvgIpc) is 3.25. The third kappa shape index (κ3) is 9.09. The molecule has 3 rings (SSSR count). The Bertz CT molecular complexity index is 1280. The second-order valence-electron chi connectivity index (χ2n) is 9.36. The Labute approximate surface area is 248 Å². The van der Waals surface area contributed by atoms with Gasteiger partial charge in [0.05, 0.1) is 5.97 Å².